The van der Waals surface area contributed by atoms with Gasteiger partial charge in [-0.25, -0.2) is 9.78 Å². The maximum atomic E-state index is 11.4. The fourth-order valence-electron chi connectivity index (χ4n) is 1.19. The van der Waals surface area contributed by atoms with Crippen molar-refractivity contribution in [1.29, 1.82) is 0 Å². The zero-order chi connectivity index (χ0) is 11.1. The number of carbonyl (C=O) groups is 1. The summed E-state index contributed by atoms with van der Waals surface area (Å²) in [5.74, 6) is -0.349. The first-order chi connectivity index (χ1) is 7.27. The van der Waals surface area contributed by atoms with E-state index in [1.165, 1.54) is 0 Å². The first-order valence-electron chi connectivity index (χ1n) is 4.97. The summed E-state index contributed by atoms with van der Waals surface area (Å²) < 4.78 is 4.88. The lowest BCUT2D eigenvalue weighted by molar-refractivity contribution is 0.0519. The highest BCUT2D eigenvalue weighted by molar-refractivity contribution is 9.09. The Kier molecular flexibility index (Phi) is 5.32. The molecule has 0 atom stereocenters. The van der Waals surface area contributed by atoms with Gasteiger partial charge in [-0.1, -0.05) is 22.0 Å². The molecular formula is C11H14BrNO2. The minimum atomic E-state index is -0.349. The molecule has 0 saturated carbocycles. The van der Waals surface area contributed by atoms with Gasteiger partial charge in [0.2, 0.25) is 0 Å². The summed E-state index contributed by atoms with van der Waals surface area (Å²) in [7, 11) is 0. The molecular weight excluding hydrogens is 258 g/mol. The van der Waals surface area contributed by atoms with Crippen LogP contribution >= 0.6 is 15.9 Å². The van der Waals surface area contributed by atoms with Gasteiger partial charge in [-0.2, -0.15) is 0 Å². The van der Waals surface area contributed by atoms with Crippen LogP contribution in [0.15, 0.2) is 18.2 Å². The van der Waals surface area contributed by atoms with Crippen molar-refractivity contribution in [3.63, 3.8) is 0 Å². The number of pyridine rings is 1. The fourth-order valence-corrected chi connectivity index (χ4v) is 1.47. The molecule has 1 aromatic rings. The molecule has 0 aliphatic heterocycles. The Bertz CT molecular complexity index is 328. The average molecular weight is 272 g/mol. The SMILES string of the molecule is CCOC(=O)c1cccc(CCCBr)n1. The van der Waals surface area contributed by atoms with Crippen LogP contribution in [-0.4, -0.2) is 22.9 Å². The number of hydrogen-bond donors (Lipinski definition) is 0. The van der Waals surface area contributed by atoms with E-state index in [0.29, 0.717) is 12.3 Å². The summed E-state index contributed by atoms with van der Waals surface area (Å²) in [6, 6.07) is 5.43. The van der Waals surface area contributed by atoms with Gasteiger partial charge in [-0.3, -0.25) is 0 Å². The van der Waals surface area contributed by atoms with Crippen molar-refractivity contribution in [1.82, 2.24) is 4.98 Å². The Morgan fingerprint density at radius 1 is 1.53 bits per heavy atom. The van der Waals surface area contributed by atoms with Crippen LogP contribution in [0.2, 0.25) is 0 Å². The molecule has 1 heterocycles. The normalized spacial score (nSPS) is 10.0. The second-order valence-electron chi connectivity index (χ2n) is 3.03. The van der Waals surface area contributed by atoms with E-state index in [1.54, 1.807) is 13.0 Å². The highest BCUT2D eigenvalue weighted by Crippen LogP contribution is 2.05. The van der Waals surface area contributed by atoms with Gasteiger partial charge in [0.15, 0.2) is 0 Å². The van der Waals surface area contributed by atoms with Crippen LogP contribution in [0.3, 0.4) is 0 Å². The van der Waals surface area contributed by atoms with Gasteiger partial charge in [0.1, 0.15) is 5.69 Å². The number of hydrogen-bond acceptors (Lipinski definition) is 3. The van der Waals surface area contributed by atoms with E-state index in [1.807, 2.05) is 12.1 Å². The number of esters is 1. The Hall–Kier alpha value is -0.900. The number of aromatic nitrogens is 1. The van der Waals surface area contributed by atoms with Crippen molar-refractivity contribution in [2.75, 3.05) is 11.9 Å². The predicted octanol–water partition coefficient (Wildman–Crippen LogP) is 2.59. The number of carbonyl (C=O) groups excluding carboxylic acids is 1. The number of nitrogens with zero attached hydrogens (tertiary/aromatic N) is 1. The lowest BCUT2D eigenvalue weighted by Crippen LogP contribution is -2.08. The Morgan fingerprint density at radius 2 is 2.33 bits per heavy atom. The summed E-state index contributed by atoms with van der Waals surface area (Å²) in [4.78, 5) is 15.6. The van der Waals surface area contributed by atoms with Crippen molar-refractivity contribution in [3.8, 4) is 0 Å². The van der Waals surface area contributed by atoms with Crippen LogP contribution in [-0.2, 0) is 11.2 Å². The molecule has 0 aliphatic rings. The smallest absolute Gasteiger partial charge is 0.356 e. The van der Waals surface area contributed by atoms with Crippen LogP contribution in [0.4, 0.5) is 0 Å². The third kappa shape index (κ3) is 4.00. The lowest BCUT2D eigenvalue weighted by atomic mass is 10.2. The summed E-state index contributed by atoms with van der Waals surface area (Å²) >= 11 is 3.36. The number of ether oxygens (including phenoxy) is 1. The van der Waals surface area contributed by atoms with Crippen LogP contribution in [0.5, 0.6) is 0 Å². The van der Waals surface area contributed by atoms with E-state index in [4.69, 9.17) is 4.74 Å². The monoisotopic (exact) mass is 271 g/mol. The quantitative estimate of drug-likeness (QED) is 0.611. The highest BCUT2D eigenvalue weighted by atomic mass is 79.9. The standard InChI is InChI=1S/C11H14BrNO2/c1-2-15-11(14)10-7-3-5-9(13-10)6-4-8-12/h3,5,7H,2,4,6,8H2,1H3. The summed E-state index contributed by atoms with van der Waals surface area (Å²) in [6.45, 7) is 2.17. The minimum absolute atomic E-state index is 0.349. The van der Waals surface area contributed by atoms with Gasteiger partial charge < -0.3 is 4.74 Å². The topological polar surface area (TPSA) is 39.2 Å². The van der Waals surface area contributed by atoms with E-state index in [0.717, 1.165) is 23.9 Å². The van der Waals surface area contributed by atoms with E-state index in [9.17, 15) is 4.79 Å². The molecule has 0 unspecified atom stereocenters. The summed E-state index contributed by atoms with van der Waals surface area (Å²) in [5.41, 5.74) is 1.32. The third-order valence-corrected chi connectivity index (χ3v) is 2.42. The molecule has 0 saturated heterocycles. The van der Waals surface area contributed by atoms with Gasteiger partial charge in [0.25, 0.3) is 0 Å². The van der Waals surface area contributed by atoms with Crippen molar-refractivity contribution in [3.05, 3.63) is 29.6 Å². The van der Waals surface area contributed by atoms with Gasteiger partial charge in [-0.05, 0) is 31.9 Å². The van der Waals surface area contributed by atoms with Crippen molar-refractivity contribution in [2.45, 2.75) is 19.8 Å². The van der Waals surface area contributed by atoms with E-state index in [2.05, 4.69) is 20.9 Å². The van der Waals surface area contributed by atoms with Crippen LogP contribution < -0.4 is 0 Å². The van der Waals surface area contributed by atoms with Gasteiger partial charge in [-0.15, -0.1) is 0 Å². The zero-order valence-electron chi connectivity index (χ0n) is 8.70. The fraction of sp³-hybridized carbons (Fsp3) is 0.455. The molecule has 82 valence electrons. The third-order valence-electron chi connectivity index (χ3n) is 1.86. The molecule has 0 bridgehead atoms. The molecule has 0 radical (unpaired) electrons. The molecule has 0 aromatic carbocycles. The molecule has 0 N–H and O–H groups in total. The number of alkyl halides is 1. The van der Waals surface area contributed by atoms with Gasteiger partial charge in [0, 0.05) is 11.0 Å². The van der Waals surface area contributed by atoms with Crippen molar-refractivity contribution in [2.24, 2.45) is 0 Å². The van der Waals surface area contributed by atoms with Crippen molar-refractivity contribution >= 4 is 21.9 Å². The Balaban J connectivity index is 2.69. The molecule has 4 heteroatoms. The molecule has 1 aromatic heterocycles. The number of aryl methyl sites for hydroxylation is 1. The molecule has 3 nitrogen and oxygen atoms in total. The molecule has 0 fully saturated rings. The van der Waals surface area contributed by atoms with Crippen LogP contribution in [0, 0.1) is 0 Å². The zero-order valence-corrected chi connectivity index (χ0v) is 10.3. The van der Waals surface area contributed by atoms with Gasteiger partial charge >= 0.3 is 5.97 Å². The number of rotatable bonds is 5. The number of halogens is 1. The molecule has 1 rings (SSSR count). The summed E-state index contributed by atoms with van der Waals surface area (Å²) in [6.07, 6.45) is 1.89. The largest absolute Gasteiger partial charge is 0.461 e. The van der Waals surface area contributed by atoms with E-state index >= 15 is 0 Å². The molecule has 0 aliphatic carbocycles. The second-order valence-corrected chi connectivity index (χ2v) is 3.82. The molecule has 0 amide bonds. The highest BCUT2D eigenvalue weighted by Gasteiger charge is 2.07. The molecule has 15 heavy (non-hydrogen) atoms. The lowest BCUT2D eigenvalue weighted by Gasteiger charge is -2.03. The molecule has 0 spiro atoms. The summed E-state index contributed by atoms with van der Waals surface area (Å²) in [5, 5.41) is 0.943. The van der Waals surface area contributed by atoms with E-state index < -0.39 is 0 Å². The van der Waals surface area contributed by atoms with Crippen LogP contribution in [0.25, 0.3) is 0 Å². The Morgan fingerprint density at radius 3 is 3.00 bits per heavy atom. The van der Waals surface area contributed by atoms with E-state index in [-0.39, 0.29) is 5.97 Å². The average Bonchev–Trinajstić information content (AvgIpc) is 2.27. The predicted molar refractivity (Wildman–Crippen MR) is 62.3 cm³/mol. The van der Waals surface area contributed by atoms with Gasteiger partial charge in [0.05, 0.1) is 6.61 Å². The second kappa shape index (κ2) is 6.56. The first-order valence-corrected chi connectivity index (χ1v) is 6.09. The maximum absolute atomic E-state index is 11.4. The maximum Gasteiger partial charge on any atom is 0.356 e. The first kappa shape index (κ1) is 12.2. The van der Waals surface area contributed by atoms with Crippen molar-refractivity contribution < 1.29 is 9.53 Å². The Labute approximate surface area is 98.0 Å². The van der Waals surface area contributed by atoms with Crippen LogP contribution in [0.1, 0.15) is 29.5 Å². The minimum Gasteiger partial charge on any atom is -0.461 e.